The first-order valence-electron chi connectivity index (χ1n) is 4.52. The van der Waals surface area contributed by atoms with Crippen LogP contribution in [0, 0.1) is 12.3 Å². The molecular formula is C11H10BrClN2O. The average molecular weight is 302 g/mol. The van der Waals surface area contributed by atoms with E-state index in [1.165, 1.54) is 0 Å². The van der Waals surface area contributed by atoms with Gasteiger partial charge in [0.1, 0.15) is 0 Å². The molecule has 0 spiro atoms. The van der Waals surface area contributed by atoms with Crippen molar-refractivity contribution in [3.05, 3.63) is 27.7 Å². The zero-order chi connectivity index (χ0) is 12.0. The van der Waals surface area contributed by atoms with Crippen molar-refractivity contribution in [2.24, 2.45) is 0 Å². The summed E-state index contributed by atoms with van der Waals surface area (Å²) in [4.78, 5) is 11.4. The lowest BCUT2D eigenvalue weighted by molar-refractivity contribution is -0.115. The van der Waals surface area contributed by atoms with Gasteiger partial charge in [-0.05, 0) is 34.1 Å². The number of carbonyl (C=O) groups excluding carboxylic acids is 1. The Balaban J connectivity index is 2.50. The molecule has 0 aliphatic carbocycles. The first-order valence-corrected chi connectivity index (χ1v) is 5.69. The van der Waals surface area contributed by atoms with Gasteiger partial charge in [-0.25, -0.2) is 0 Å². The summed E-state index contributed by atoms with van der Waals surface area (Å²) in [5.74, 6) is 2.24. The third-order valence-electron chi connectivity index (χ3n) is 1.72. The van der Waals surface area contributed by atoms with Gasteiger partial charge in [0.05, 0.1) is 18.1 Å². The lowest BCUT2D eigenvalue weighted by Crippen LogP contribution is -2.28. The van der Waals surface area contributed by atoms with Crippen LogP contribution in [-0.4, -0.2) is 19.0 Å². The van der Waals surface area contributed by atoms with E-state index >= 15 is 0 Å². The Hall–Kier alpha value is -1.02. The summed E-state index contributed by atoms with van der Waals surface area (Å²) in [7, 11) is 0. The highest BCUT2D eigenvalue weighted by atomic mass is 79.9. The molecule has 16 heavy (non-hydrogen) atoms. The zero-order valence-corrected chi connectivity index (χ0v) is 10.7. The van der Waals surface area contributed by atoms with E-state index < -0.39 is 0 Å². The van der Waals surface area contributed by atoms with E-state index in [1.54, 1.807) is 18.2 Å². The second-order valence-electron chi connectivity index (χ2n) is 2.98. The van der Waals surface area contributed by atoms with E-state index in [4.69, 9.17) is 18.0 Å². The standard InChI is InChI=1S/C11H10BrClN2O/c1-2-5-14-7-11(16)15-8-3-4-10(13)9(12)6-8/h1,3-4,6,14H,5,7H2,(H,15,16). The molecule has 0 fully saturated rings. The highest BCUT2D eigenvalue weighted by Gasteiger charge is 2.03. The highest BCUT2D eigenvalue weighted by molar-refractivity contribution is 9.10. The Morgan fingerprint density at radius 1 is 1.56 bits per heavy atom. The smallest absolute Gasteiger partial charge is 0.238 e. The van der Waals surface area contributed by atoms with Crippen LogP contribution in [0.25, 0.3) is 0 Å². The Kier molecular flexibility index (Phi) is 5.33. The van der Waals surface area contributed by atoms with Crippen LogP contribution in [0.2, 0.25) is 5.02 Å². The zero-order valence-electron chi connectivity index (χ0n) is 8.39. The van der Waals surface area contributed by atoms with Crippen LogP contribution in [0.4, 0.5) is 5.69 Å². The molecule has 3 nitrogen and oxygen atoms in total. The van der Waals surface area contributed by atoms with Crippen molar-refractivity contribution < 1.29 is 4.79 Å². The van der Waals surface area contributed by atoms with Crippen LogP contribution in [-0.2, 0) is 4.79 Å². The second-order valence-corrected chi connectivity index (χ2v) is 4.25. The van der Waals surface area contributed by atoms with Gasteiger partial charge in [-0.15, -0.1) is 6.42 Å². The molecule has 0 aliphatic heterocycles. The maximum atomic E-state index is 11.4. The van der Waals surface area contributed by atoms with Crippen LogP contribution in [0.3, 0.4) is 0 Å². The van der Waals surface area contributed by atoms with E-state index in [0.29, 0.717) is 17.3 Å². The summed E-state index contributed by atoms with van der Waals surface area (Å²) in [6.07, 6.45) is 5.04. The summed E-state index contributed by atoms with van der Waals surface area (Å²) in [5, 5.41) is 6.11. The van der Waals surface area contributed by atoms with Gasteiger partial charge < -0.3 is 5.32 Å². The normalized spacial score (nSPS) is 9.56. The number of amides is 1. The molecule has 0 radical (unpaired) electrons. The van der Waals surface area contributed by atoms with Crippen LogP contribution in [0.1, 0.15) is 0 Å². The predicted octanol–water partition coefficient (Wildman–Crippen LogP) is 2.26. The van der Waals surface area contributed by atoms with Crippen LogP contribution >= 0.6 is 27.5 Å². The Morgan fingerprint density at radius 3 is 2.94 bits per heavy atom. The third kappa shape index (κ3) is 4.23. The van der Waals surface area contributed by atoms with E-state index in [-0.39, 0.29) is 12.5 Å². The summed E-state index contributed by atoms with van der Waals surface area (Å²) < 4.78 is 0.739. The first-order chi connectivity index (χ1) is 7.63. The van der Waals surface area contributed by atoms with Crippen molar-refractivity contribution in [2.75, 3.05) is 18.4 Å². The van der Waals surface area contributed by atoms with E-state index in [0.717, 1.165) is 4.47 Å². The Morgan fingerprint density at radius 2 is 2.31 bits per heavy atom. The van der Waals surface area contributed by atoms with Crippen LogP contribution in [0.15, 0.2) is 22.7 Å². The van der Waals surface area contributed by atoms with E-state index in [1.807, 2.05) is 0 Å². The van der Waals surface area contributed by atoms with Crippen LogP contribution < -0.4 is 10.6 Å². The Bertz CT molecular complexity index is 428. The average Bonchev–Trinajstić information content (AvgIpc) is 2.24. The fourth-order valence-corrected chi connectivity index (χ4v) is 1.52. The monoisotopic (exact) mass is 300 g/mol. The fraction of sp³-hybridized carbons (Fsp3) is 0.182. The number of rotatable bonds is 4. The minimum absolute atomic E-state index is 0.149. The molecule has 5 heteroatoms. The summed E-state index contributed by atoms with van der Waals surface area (Å²) in [6.45, 7) is 0.558. The molecule has 0 unspecified atom stereocenters. The molecule has 0 bridgehead atoms. The van der Waals surface area contributed by atoms with Crippen molar-refractivity contribution in [3.63, 3.8) is 0 Å². The number of hydrogen-bond acceptors (Lipinski definition) is 2. The van der Waals surface area contributed by atoms with Gasteiger partial charge in [-0.1, -0.05) is 17.5 Å². The van der Waals surface area contributed by atoms with Crippen LogP contribution in [0.5, 0.6) is 0 Å². The fourth-order valence-electron chi connectivity index (χ4n) is 1.03. The molecule has 0 aromatic heterocycles. The van der Waals surface area contributed by atoms with E-state index in [9.17, 15) is 4.79 Å². The molecule has 84 valence electrons. The molecular weight excluding hydrogens is 291 g/mol. The van der Waals surface area contributed by atoms with Gasteiger partial charge in [-0.3, -0.25) is 10.1 Å². The van der Waals surface area contributed by atoms with Gasteiger partial charge in [0.25, 0.3) is 0 Å². The third-order valence-corrected chi connectivity index (χ3v) is 2.93. The number of nitrogens with one attached hydrogen (secondary N) is 2. The highest BCUT2D eigenvalue weighted by Crippen LogP contribution is 2.25. The van der Waals surface area contributed by atoms with Crippen molar-refractivity contribution in [3.8, 4) is 12.3 Å². The maximum Gasteiger partial charge on any atom is 0.238 e. The van der Waals surface area contributed by atoms with Gasteiger partial charge in [0, 0.05) is 10.2 Å². The molecule has 0 saturated heterocycles. The summed E-state index contributed by atoms with van der Waals surface area (Å²) in [6, 6.07) is 5.17. The SMILES string of the molecule is C#CCNCC(=O)Nc1ccc(Cl)c(Br)c1. The molecule has 1 amide bonds. The van der Waals surface area contributed by atoms with Crippen molar-refractivity contribution in [2.45, 2.75) is 0 Å². The molecule has 0 saturated carbocycles. The topological polar surface area (TPSA) is 41.1 Å². The first kappa shape index (κ1) is 13.0. The number of hydrogen-bond donors (Lipinski definition) is 2. The van der Waals surface area contributed by atoms with Crippen molar-refractivity contribution in [1.29, 1.82) is 0 Å². The largest absolute Gasteiger partial charge is 0.325 e. The van der Waals surface area contributed by atoms with Crippen molar-refractivity contribution >= 4 is 39.1 Å². The van der Waals surface area contributed by atoms with Gasteiger partial charge in [-0.2, -0.15) is 0 Å². The molecule has 0 heterocycles. The lowest BCUT2D eigenvalue weighted by Gasteiger charge is -2.06. The van der Waals surface area contributed by atoms with Gasteiger partial charge in [0.15, 0.2) is 0 Å². The summed E-state index contributed by atoms with van der Waals surface area (Å²) >= 11 is 9.10. The minimum atomic E-state index is -0.149. The number of halogens is 2. The Labute approximate surface area is 108 Å². The molecule has 0 atom stereocenters. The number of terminal acetylenes is 1. The molecule has 0 aliphatic rings. The quantitative estimate of drug-likeness (QED) is 0.661. The van der Waals surface area contributed by atoms with E-state index in [2.05, 4.69) is 32.5 Å². The predicted molar refractivity (Wildman–Crippen MR) is 69.5 cm³/mol. The summed E-state index contributed by atoms with van der Waals surface area (Å²) in [5.41, 5.74) is 0.684. The second kappa shape index (κ2) is 6.54. The van der Waals surface area contributed by atoms with Crippen molar-refractivity contribution in [1.82, 2.24) is 5.32 Å². The minimum Gasteiger partial charge on any atom is -0.325 e. The number of carbonyl (C=O) groups is 1. The van der Waals surface area contributed by atoms with Gasteiger partial charge in [0.2, 0.25) is 5.91 Å². The maximum absolute atomic E-state index is 11.4. The van der Waals surface area contributed by atoms with Gasteiger partial charge >= 0.3 is 0 Å². The lowest BCUT2D eigenvalue weighted by atomic mass is 10.3. The molecule has 1 aromatic carbocycles. The number of anilines is 1. The number of benzene rings is 1. The molecule has 2 N–H and O–H groups in total. The molecule has 1 aromatic rings. The molecule has 1 rings (SSSR count).